The van der Waals surface area contributed by atoms with Crippen molar-refractivity contribution in [1.29, 1.82) is 0 Å². The lowest BCUT2D eigenvalue weighted by Gasteiger charge is -2.20. The van der Waals surface area contributed by atoms with Gasteiger partial charge < -0.3 is 15.4 Å². The molecule has 5 nitrogen and oxygen atoms in total. The van der Waals surface area contributed by atoms with Crippen molar-refractivity contribution in [3.05, 3.63) is 64.9 Å². The van der Waals surface area contributed by atoms with Crippen LogP contribution in [0.15, 0.2) is 53.7 Å². The molecule has 0 aliphatic carbocycles. The maximum absolute atomic E-state index is 5.95. The number of benzene rings is 1. The summed E-state index contributed by atoms with van der Waals surface area (Å²) >= 11 is 5.81. The summed E-state index contributed by atoms with van der Waals surface area (Å²) in [5.74, 6) is 1.25. The van der Waals surface area contributed by atoms with Crippen molar-refractivity contribution in [1.82, 2.24) is 15.6 Å². The lowest BCUT2D eigenvalue weighted by molar-refractivity contribution is 0.0915. The number of rotatable bonds is 6. The summed E-state index contributed by atoms with van der Waals surface area (Å²) in [6.45, 7) is 2.43. The topological polar surface area (TPSA) is 58.5 Å². The molecule has 1 saturated heterocycles. The van der Waals surface area contributed by atoms with Crippen LogP contribution < -0.4 is 10.6 Å². The summed E-state index contributed by atoms with van der Waals surface area (Å²) in [5, 5.41) is 7.30. The zero-order valence-electron chi connectivity index (χ0n) is 15.4. The molecule has 2 N–H and O–H groups in total. The molecule has 0 radical (unpaired) electrons. The number of ether oxygens (including phenoxy) is 1. The first-order valence-electron chi connectivity index (χ1n) is 8.98. The van der Waals surface area contributed by atoms with Crippen LogP contribution in [0.4, 0.5) is 0 Å². The fraction of sp³-hybridized carbons (Fsp3) is 0.400. The van der Waals surface area contributed by atoms with Gasteiger partial charge in [0.05, 0.1) is 6.10 Å². The van der Waals surface area contributed by atoms with Crippen LogP contribution in [0.1, 0.15) is 23.7 Å². The third kappa shape index (κ3) is 6.62. The fourth-order valence-electron chi connectivity index (χ4n) is 3.18. The second kappa shape index (κ2) is 11.5. The summed E-state index contributed by atoms with van der Waals surface area (Å²) in [5.41, 5.74) is 2.39. The van der Waals surface area contributed by atoms with Crippen molar-refractivity contribution in [2.75, 3.05) is 26.7 Å². The maximum atomic E-state index is 5.95. The zero-order chi connectivity index (χ0) is 18.2. The van der Waals surface area contributed by atoms with Crippen molar-refractivity contribution in [2.24, 2.45) is 10.9 Å². The Morgan fingerprint density at radius 3 is 2.74 bits per heavy atom. The largest absolute Gasteiger partial charge is 0.373 e. The molecule has 2 heterocycles. The molecule has 0 spiro atoms. The van der Waals surface area contributed by atoms with E-state index in [1.54, 1.807) is 13.2 Å². The number of halogens is 2. The van der Waals surface area contributed by atoms with Gasteiger partial charge in [0.25, 0.3) is 0 Å². The minimum absolute atomic E-state index is 0. The molecule has 1 aliphatic heterocycles. The predicted octanol–water partition coefficient (Wildman–Crippen LogP) is 3.84. The van der Waals surface area contributed by atoms with Crippen LogP contribution in [-0.2, 0) is 11.2 Å². The Morgan fingerprint density at radius 1 is 1.22 bits per heavy atom. The van der Waals surface area contributed by atoms with E-state index >= 15 is 0 Å². The Bertz CT molecular complexity index is 712. The average Bonchev–Trinajstić information content (AvgIpc) is 3.15. The Morgan fingerprint density at radius 2 is 2.04 bits per heavy atom. The van der Waals surface area contributed by atoms with Gasteiger partial charge in [-0.05, 0) is 30.0 Å². The minimum Gasteiger partial charge on any atom is -0.373 e. The molecule has 7 heteroatoms. The molecule has 27 heavy (non-hydrogen) atoms. The van der Waals surface area contributed by atoms with Crippen LogP contribution in [0.2, 0.25) is 5.15 Å². The van der Waals surface area contributed by atoms with E-state index in [-0.39, 0.29) is 30.1 Å². The van der Waals surface area contributed by atoms with E-state index in [9.17, 15) is 0 Å². The molecule has 1 aromatic carbocycles. The van der Waals surface area contributed by atoms with Gasteiger partial charge in [-0.1, -0.05) is 48.0 Å². The van der Waals surface area contributed by atoms with E-state index in [4.69, 9.17) is 16.3 Å². The average molecular weight is 501 g/mol. The Kier molecular flexibility index (Phi) is 9.30. The van der Waals surface area contributed by atoms with Gasteiger partial charge in [0.2, 0.25) is 0 Å². The molecule has 0 saturated carbocycles. The summed E-state index contributed by atoms with van der Waals surface area (Å²) in [6, 6.07) is 14.2. The number of aliphatic imine (C=N–C) groups is 1. The van der Waals surface area contributed by atoms with E-state index in [0.717, 1.165) is 44.1 Å². The number of hydrogen-bond donors (Lipinski definition) is 2. The van der Waals surface area contributed by atoms with Gasteiger partial charge in [0.1, 0.15) is 5.15 Å². The van der Waals surface area contributed by atoms with Crippen molar-refractivity contribution in [3.8, 4) is 0 Å². The highest BCUT2D eigenvalue weighted by Crippen LogP contribution is 2.33. The first-order valence-corrected chi connectivity index (χ1v) is 9.35. The number of aromatic nitrogens is 1. The molecule has 2 atom stereocenters. The summed E-state index contributed by atoms with van der Waals surface area (Å²) in [7, 11) is 1.79. The van der Waals surface area contributed by atoms with E-state index in [2.05, 4.69) is 44.9 Å². The van der Waals surface area contributed by atoms with Crippen molar-refractivity contribution < 1.29 is 4.74 Å². The van der Waals surface area contributed by atoms with E-state index in [0.29, 0.717) is 11.1 Å². The number of nitrogens with zero attached hydrogens (tertiary/aromatic N) is 2. The third-order valence-corrected chi connectivity index (χ3v) is 4.82. The molecule has 1 aromatic heterocycles. The van der Waals surface area contributed by atoms with Gasteiger partial charge in [0, 0.05) is 38.9 Å². The zero-order valence-corrected chi connectivity index (χ0v) is 18.5. The van der Waals surface area contributed by atoms with Gasteiger partial charge in [-0.3, -0.25) is 4.99 Å². The van der Waals surface area contributed by atoms with E-state index in [1.165, 1.54) is 5.56 Å². The van der Waals surface area contributed by atoms with Gasteiger partial charge in [-0.2, -0.15) is 0 Å². The predicted molar refractivity (Wildman–Crippen MR) is 121 cm³/mol. The van der Waals surface area contributed by atoms with Crippen LogP contribution >= 0.6 is 35.6 Å². The molecular formula is C20H26ClIN4O. The smallest absolute Gasteiger partial charge is 0.190 e. The lowest BCUT2D eigenvalue weighted by atomic mass is 9.95. The van der Waals surface area contributed by atoms with Crippen molar-refractivity contribution >= 4 is 41.5 Å². The van der Waals surface area contributed by atoms with Gasteiger partial charge in [0.15, 0.2) is 5.96 Å². The molecule has 1 aliphatic rings. The van der Waals surface area contributed by atoms with Crippen LogP contribution in [0, 0.1) is 5.92 Å². The normalized spacial score (nSPS) is 19.4. The molecule has 2 unspecified atom stereocenters. The highest BCUT2D eigenvalue weighted by molar-refractivity contribution is 14.0. The first kappa shape index (κ1) is 21.9. The Balaban J connectivity index is 0.00000261. The fourth-order valence-corrected chi connectivity index (χ4v) is 3.29. The summed E-state index contributed by atoms with van der Waals surface area (Å²) in [6.07, 6.45) is 3.88. The lowest BCUT2D eigenvalue weighted by Crippen LogP contribution is -2.41. The number of pyridine rings is 1. The van der Waals surface area contributed by atoms with Crippen LogP contribution in [0.5, 0.6) is 0 Å². The SMILES string of the molecule is CN=C(NCCc1ccc(Cl)nc1)NCC1CCOC1c1ccccc1.I. The minimum atomic E-state index is 0. The molecule has 3 rings (SSSR count). The highest BCUT2D eigenvalue weighted by atomic mass is 127. The van der Waals surface area contributed by atoms with Gasteiger partial charge >= 0.3 is 0 Å². The number of nitrogens with one attached hydrogen (secondary N) is 2. The molecule has 0 bridgehead atoms. The standard InChI is InChI=1S/C20H25ClN4O.HI/c1-22-20(23-11-9-15-7-8-18(21)24-13-15)25-14-17-10-12-26-19(17)16-5-3-2-4-6-16;/h2-8,13,17,19H,9-12,14H2,1H3,(H2,22,23,25);1H. The Labute approximate surface area is 183 Å². The van der Waals surface area contributed by atoms with Crippen LogP contribution in [0.25, 0.3) is 0 Å². The highest BCUT2D eigenvalue weighted by Gasteiger charge is 2.29. The van der Waals surface area contributed by atoms with Gasteiger partial charge in [-0.25, -0.2) is 4.98 Å². The van der Waals surface area contributed by atoms with Crippen LogP contribution in [-0.4, -0.2) is 37.7 Å². The van der Waals surface area contributed by atoms with Crippen molar-refractivity contribution in [2.45, 2.75) is 18.9 Å². The van der Waals surface area contributed by atoms with E-state index in [1.807, 2.05) is 18.2 Å². The monoisotopic (exact) mass is 500 g/mol. The molecule has 1 fully saturated rings. The number of hydrogen-bond acceptors (Lipinski definition) is 3. The van der Waals surface area contributed by atoms with Crippen LogP contribution in [0.3, 0.4) is 0 Å². The molecular weight excluding hydrogens is 475 g/mol. The number of guanidine groups is 1. The quantitative estimate of drug-likeness (QED) is 0.274. The Hall–Kier alpha value is -1.38. The van der Waals surface area contributed by atoms with E-state index < -0.39 is 0 Å². The first-order chi connectivity index (χ1) is 12.8. The van der Waals surface area contributed by atoms with Gasteiger partial charge in [-0.15, -0.1) is 24.0 Å². The summed E-state index contributed by atoms with van der Waals surface area (Å²) in [4.78, 5) is 8.41. The van der Waals surface area contributed by atoms with Crippen molar-refractivity contribution in [3.63, 3.8) is 0 Å². The second-order valence-electron chi connectivity index (χ2n) is 6.37. The maximum Gasteiger partial charge on any atom is 0.190 e. The molecule has 146 valence electrons. The summed E-state index contributed by atoms with van der Waals surface area (Å²) < 4.78 is 5.95. The molecule has 0 amide bonds. The second-order valence-corrected chi connectivity index (χ2v) is 6.76. The third-order valence-electron chi connectivity index (χ3n) is 4.59. The molecule has 2 aromatic rings.